The summed E-state index contributed by atoms with van der Waals surface area (Å²) in [5.41, 5.74) is 3.35. The predicted molar refractivity (Wildman–Crippen MR) is 127 cm³/mol. The number of aryl methyl sites for hydroxylation is 2. The zero-order chi connectivity index (χ0) is 23.5. The molecule has 0 saturated heterocycles. The summed E-state index contributed by atoms with van der Waals surface area (Å²) < 4.78 is 16.9. The lowest BCUT2D eigenvalue weighted by atomic mass is 10.1. The highest BCUT2D eigenvalue weighted by Crippen LogP contribution is 2.33. The number of rotatable bonds is 7. The molecule has 168 valence electrons. The van der Waals surface area contributed by atoms with Gasteiger partial charge in [-0.15, -0.1) is 0 Å². The van der Waals surface area contributed by atoms with E-state index in [2.05, 4.69) is 5.32 Å². The van der Waals surface area contributed by atoms with Crippen molar-refractivity contribution in [2.75, 3.05) is 12.4 Å². The first-order chi connectivity index (χ1) is 15.9. The Labute approximate surface area is 192 Å². The molecule has 1 heterocycles. The first kappa shape index (κ1) is 22.1. The number of ether oxygens (including phenoxy) is 2. The molecule has 1 amide bonds. The summed E-state index contributed by atoms with van der Waals surface area (Å²) in [5, 5.41) is 3.49. The number of ketones is 1. The van der Waals surface area contributed by atoms with Crippen LogP contribution in [-0.2, 0) is 4.79 Å². The van der Waals surface area contributed by atoms with Gasteiger partial charge in [-0.05, 0) is 80.4 Å². The first-order valence-electron chi connectivity index (χ1n) is 10.6. The molecule has 4 aromatic rings. The van der Waals surface area contributed by atoms with Crippen molar-refractivity contribution in [3.8, 4) is 11.5 Å². The summed E-state index contributed by atoms with van der Waals surface area (Å²) in [6, 6.07) is 19.7. The number of carbonyl (C=O) groups excluding carboxylic acids is 2. The summed E-state index contributed by atoms with van der Waals surface area (Å²) in [4.78, 5) is 26.3. The average Bonchev–Trinajstić information content (AvgIpc) is 3.16. The fourth-order valence-electron chi connectivity index (χ4n) is 3.69. The van der Waals surface area contributed by atoms with E-state index in [9.17, 15) is 9.59 Å². The number of furan rings is 1. The Morgan fingerprint density at radius 1 is 0.909 bits per heavy atom. The molecule has 0 saturated carbocycles. The van der Waals surface area contributed by atoms with Gasteiger partial charge in [0, 0.05) is 10.9 Å². The van der Waals surface area contributed by atoms with Gasteiger partial charge in [0.25, 0.3) is 5.91 Å². The number of fused-ring (bicyclic) bond motifs is 1. The van der Waals surface area contributed by atoms with Crippen molar-refractivity contribution >= 4 is 28.3 Å². The Morgan fingerprint density at radius 2 is 1.58 bits per heavy atom. The van der Waals surface area contributed by atoms with Crippen molar-refractivity contribution in [3.05, 3.63) is 89.2 Å². The second-order valence-electron chi connectivity index (χ2n) is 7.93. The van der Waals surface area contributed by atoms with E-state index < -0.39 is 6.10 Å². The summed E-state index contributed by atoms with van der Waals surface area (Å²) in [6.07, 6.45) is -0.788. The van der Waals surface area contributed by atoms with E-state index in [0.717, 1.165) is 11.1 Å². The Kier molecular flexibility index (Phi) is 6.18. The highest BCUT2D eigenvalue weighted by molar-refractivity contribution is 6.17. The fraction of sp³-hybridized carbons (Fsp3) is 0.185. The molecule has 0 fully saturated rings. The van der Waals surface area contributed by atoms with Crippen molar-refractivity contribution in [3.63, 3.8) is 0 Å². The van der Waals surface area contributed by atoms with Crippen LogP contribution in [-0.4, -0.2) is 24.9 Å². The van der Waals surface area contributed by atoms with Gasteiger partial charge < -0.3 is 19.2 Å². The number of benzene rings is 3. The van der Waals surface area contributed by atoms with Crippen LogP contribution in [0.2, 0.25) is 0 Å². The van der Waals surface area contributed by atoms with Gasteiger partial charge in [0.05, 0.1) is 12.8 Å². The molecule has 0 aliphatic rings. The van der Waals surface area contributed by atoms with Crippen molar-refractivity contribution in [1.82, 2.24) is 0 Å². The van der Waals surface area contributed by atoms with E-state index in [1.54, 1.807) is 50.4 Å². The molecule has 1 N–H and O–H groups in total. The van der Waals surface area contributed by atoms with Crippen LogP contribution in [0.5, 0.6) is 11.5 Å². The number of methoxy groups -OCH3 is 1. The molecule has 0 spiro atoms. The molecule has 0 radical (unpaired) electrons. The van der Waals surface area contributed by atoms with Gasteiger partial charge in [0.2, 0.25) is 5.78 Å². The number of nitrogens with one attached hydrogen (secondary N) is 1. The minimum Gasteiger partial charge on any atom is -0.497 e. The number of amides is 1. The van der Waals surface area contributed by atoms with E-state index >= 15 is 0 Å². The van der Waals surface area contributed by atoms with Gasteiger partial charge >= 0.3 is 0 Å². The van der Waals surface area contributed by atoms with Crippen LogP contribution < -0.4 is 14.8 Å². The van der Waals surface area contributed by atoms with Crippen LogP contribution in [0.1, 0.15) is 34.2 Å². The number of para-hydroxylation sites is 1. The van der Waals surface area contributed by atoms with Crippen LogP contribution in [0.4, 0.5) is 5.69 Å². The molecule has 6 heteroatoms. The molecule has 6 nitrogen and oxygen atoms in total. The SMILES string of the molecule is COc1ccc(C(=O)c2oc3ccccc3c2NC(=O)C(C)Oc2cc(C)cc(C)c2)cc1. The largest absolute Gasteiger partial charge is 0.497 e. The molecule has 1 atom stereocenters. The normalized spacial score (nSPS) is 11.8. The van der Waals surface area contributed by atoms with Gasteiger partial charge in [-0.2, -0.15) is 0 Å². The maximum Gasteiger partial charge on any atom is 0.265 e. The van der Waals surface area contributed by atoms with Gasteiger partial charge in [0.15, 0.2) is 11.9 Å². The maximum atomic E-state index is 13.2. The maximum absolute atomic E-state index is 13.2. The molecular formula is C27H25NO5. The van der Waals surface area contributed by atoms with Crippen LogP contribution in [0, 0.1) is 13.8 Å². The molecule has 0 bridgehead atoms. The number of hydrogen-bond acceptors (Lipinski definition) is 5. The van der Waals surface area contributed by atoms with E-state index in [4.69, 9.17) is 13.9 Å². The lowest BCUT2D eigenvalue weighted by Gasteiger charge is -2.16. The molecule has 1 aromatic heterocycles. The molecule has 33 heavy (non-hydrogen) atoms. The standard InChI is InChI=1S/C27H25NO5/c1-16-13-17(2)15-21(14-16)32-18(3)27(30)28-24-22-7-5-6-8-23(22)33-26(24)25(29)19-9-11-20(31-4)12-10-19/h5-15,18H,1-4H3,(H,28,30). The summed E-state index contributed by atoms with van der Waals surface area (Å²) >= 11 is 0. The predicted octanol–water partition coefficient (Wildman–Crippen LogP) is 5.70. The number of anilines is 1. The number of carbonyl (C=O) groups is 2. The van der Waals surface area contributed by atoms with E-state index in [1.807, 2.05) is 44.2 Å². The molecule has 0 aliphatic carbocycles. The molecule has 1 unspecified atom stereocenters. The molecule has 0 aliphatic heterocycles. The zero-order valence-corrected chi connectivity index (χ0v) is 19.0. The smallest absolute Gasteiger partial charge is 0.265 e. The van der Waals surface area contributed by atoms with E-state index in [-0.39, 0.29) is 17.5 Å². The minimum absolute atomic E-state index is 0.0633. The Morgan fingerprint density at radius 3 is 2.24 bits per heavy atom. The summed E-state index contributed by atoms with van der Waals surface area (Å²) in [7, 11) is 1.56. The van der Waals surface area contributed by atoms with Crippen molar-refractivity contribution < 1.29 is 23.5 Å². The topological polar surface area (TPSA) is 77.8 Å². The Bertz CT molecular complexity index is 1300. The quantitative estimate of drug-likeness (QED) is 0.371. The second-order valence-corrected chi connectivity index (χ2v) is 7.93. The second kappa shape index (κ2) is 9.20. The monoisotopic (exact) mass is 443 g/mol. The third kappa shape index (κ3) is 4.75. The Hall–Kier alpha value is -4.06. The summed E-state index contributed by atoms with van der Waals surface area (Å²) in [5.74, 6) is 0.591. The molecule has 3 aromatic carbocycles. The van der Waals surface area contributed by atoms with E-state index in [0.29, 0.717) is 33.7 Å². The van der Waals surface area contributed by atoms with Crippen molar-refractivity contribution in [2.45, 2.75) is 26.9 Å². The Balaban J connectivity index is 1.63. The molecule has 4 rings (SSSR count). The third-order valence-corrected chi connectivity index (χ3v) is 5.28. The van der Waals surface area contributed by atoms with E-state index in [1.165, 1.54) is 0 Å². The van der Waals surface area contributed by atoms with Crippen LogP contribution in [0.3, 0.4) is 0 Å². The minimum atomic E-state index is -0.788. The van der Waals surface area contributed by atoms with Crippen molar-refractivity contribution in [1.29, 1.82) is 0 Å². The highest BCUT2D eigenvalue weighted by Gasteiger charge is 2.25. The van der Waals surface area contributed by atoms with Gasteiger partial charge in [-0.3, -0.25) is 9.59 Å². The fourth-order valence-corrected chi connectivity index (χ4v) is 3.69. The van der Waals surface area contributed by atoms with Crippen LogP contribution in [0.15, 0.2) is 71.1 Å². The van der Waals surface area contributed by atoms with Gasteiger partial charge in [-0.1, -0.05) is 18.2 Å². The first-order valence-corrected chi connectivity index (χ1v) is 10.6. The average molecular weight is 443 g/mol. The lowest BCUT2D eigenvalue weighted by molar-refractivity contribution is -0.122. The molecular weight excluding hydrogens is 418 g/mol. The van der Waals surface area contributed by atoms with Gasteiger partial charge in [0.1, 0.15) is 17.1 Å². The number of hydrogen-bond donors (Lipinski definition) is 1. The lowest BCUT2D eigenvalue weighted by Crippen LogP contribution is -2.30. The highest BCUT2D eigenvalue weighted by atomic mass is 16.5. The van der Waals surface area contributed by atoms with Crippen LogP contribution >= 0.6 is 0 Å². The summed E-state index contributed by atoms with van der Waals surface area (Å²) in [6.45, 7) is 5.61. The zero-order valence-electron chi connectivity index (χ0n) is 19.0. The van der Waals surface area contributed by atoms with Crippen LogP contribution in [0.25, 0.3) is 11.0 Å². The van der Waals surface area contributed by atoms with Crippen molar-refractivity contribution in [2.24, 2.45) is 0 Å². The van der Waals surface area contributed by atoms with Gasteiger partial charge in [-0.25, -0.2) is 0 Å². The third-order valence-electron chi connectivity index (χ3n) is 5.28.